The van der Waals surface area contributed by atoms with Gasteiger partial charge in [-0.2, -0.15) is 10.1 Å². The molecule has 2 aliphatic rings. The van der Waals surface area contributed by atoms with Gasteiger partial charge < -0.3 is 22.1 Å². The van der Waals surface area contributed by atoms with Crippen molar-refractivity contribution in [3.63, 3.8) is 0 Å². The predicted octanol–water partition coefficient (Wildman–Crippen LogP) is 1.89. The minimum Gasteiger partial charge on any atom is -0.365 e. The summed E-state index contributed by atoms with van der Waals surface area (Å²) in [6, 6.07) is 5.96. The van der Waals surface area contributed by atoms with Gasteiger partial charge in [-0.25, -0.2) is 4.98 Å². The molecule has 0 aliphatic heterocycles. The molecule has 1 atom stereocenters. The smallest absolute Gasteiger partial charge is 0.254 e. The maximum absolute atomic E-state index is 11.9. The molecule has 0 radical (unpaired) electrons. The summed E-state index contributed by atoms with van der Waals surface area (Å²) in [5.74, 6) is 0.781. The molecule has 3 aromatic rings. The summed E-state index contributed by atoms with van der Waals surface area (Å²) < 4.78 is 1.79. The van der Waals surface area contributed by atoms with Crippen molar-refractivity contribution >= 4 is 34.3 Å². The Morgan fingerprint density at radius 1 is 1.31 bits per heavy atom. The maximum atomic E-state index is 11.9. The van der Waals surface area contributed by atoms with Gasteiger partial charge in [0.2, 0.25) is 5.95 Å². The quantitative estimate of drug-likeness (QED) is 0.482. The van der Waals surface area contributed by atoms with E-state index in [0.717, 1.165) is 29.4 Å². The van der Waals surface area contributed by atoms with Crippen LogP contribution in [0.25, 0.3) is 10.9 Å². The number of benzene rings is 1. The Hall–Kier alpha value is -3.20. The molecule has 29 heavy (non-hydrogen) atoms. The summed E-state index contributed by atoms with van der Waals surface area (Å²) in [4.78, 5) is 20.8. The largest absolute Gasteiger partial charge is 0.365 e. The van der Waals surface area contributed by atoms with Crippen LogP contribution >= 0.6 is 0 Å². The molecule has 2 saturated carbocycles. The fraction of sp³-hybridized carbons (Fsp3) is 0.400. The second-order valence-electron chi connectivity index (χ2n) is 8.14. The maximum Gasteiger partial charge on any atom is 0.254 e. The molecule has 2 heterocycles. The molecule has 2 aliphatic carbocycles. The number of nitrogens with one attached hydrogen (secondary N) is 2. The number of primary amides is 1. The zero-order valence-corrected chi connectivity index (χ0v) is 16.2. The van der Waals surface area contributed by atoms with Crippen molar-refractivity contribution in [1.29, 1.82) is 0 Å². The van der Waals surface area contributed by atoms with Crippen LogP contribution in [0.15, 0.2) is 30.6 Å². The predicted molar refractivity (Wildman–Crippen MR) is 111 cm³/mol. The number of carbonyl (C=O) groups excluding carboxylic acids is 1. The first-order chi connectivity index (χ1) is 13.9. The van der Waals surface area contributed by atoms with Crippen molar-refractivity contribution in [3.8, 4) is 0 Å². The Kier molecular flexibility index (Phi) is 3.95. The van der Waals surface area contributed by atoms with E-state index >= 15 is 0 Å². The number of carbonyl (C=O) groups is 1. The molecule has 2 aromatic heterocycles. The van der Waals surface area contributed by atoms with Crippen LogP contribution in [0.2, 0.25) is 0 Å². The van der Waals surface area contributed by atoms with E-state index in [2.05, 4.69) is 25.7 Å². The summed E-state index contributed by atoms with van der Waals surface area (Å²) >= 11 is 0. The molecule has 2 fully saturated rings. The molecule has 9 heteroatoms. The van der Waals surface area contributed by atoms with E-state index in [9.17, 15) is 4.79 Å². The third kappa shape index (κ3) is 3.27. The molecule has 5 rings (SSSR count). The number of aromatic nitrogens is 4. The summed E-state index contributed by atoms with van der Waals surface area (Å²) in [6.07, 6.45) is 7.59. The number of hydrogen-bond donors (Lipinski definition) is 4. The number of fused-ring (bicyclic) bond motifs is 1. The summed E-state index contributed by atoms with van der Waals surface area (Å²) in [5.41, 5.74) is 13.8. The van der Waals surface area contributed by atoms with Gasteiger partial charge in [-0.3, -0.25) is 9.48 Å². The van der Waals surface area contributed by atoms with Crippen LogP contribution in [0.3, 0.4) is 0 Å². The first-order valence-corrected chi connectivity index (χ1v) is 9.85. The normalized spacial score (nSPS) is 18.4. The highest BCUT2D eigenvalue weighted by atomic mass is 16.1. The van der Waals surface area contributed by atoms with Gasteiger partial charge in [-0.05, 0) is 43.7 Å². The Morgan fingerprint density at radius 2 is 2.10 bits per heavy atom. The highest BCUT2D eigenvalue weighted by molar-refractivity contribution is 6.00. The average Bonchev–Trinajstić information content (AvgIpc) is 3.62. The van der Waals surface area contributed by atoms with E-state index < -0.39 is 5.91 Å². The molecular formula is C20H24N8O. The van der Waals surface area contributed by atoms with E-state index in [-0.39, 0.29) is 17.1 Å². The van der Waals surface area contributed by atoms with Crippen molar-refractivity contribution in [3.05, 3.63) is 36.2 Å². The first kappa shape index (κ1) is 17.9. The molecule has 9 nitrogen and oxygen atoms in total. The minimum absolute atomic E-state index is 0.150. The van der Waals surface area contributed by atoms with Crippen LogP contribution in [0, 0.1) is 5.92 Å². The lowest BCUT2D eigenvalue weighted by atomic mass is 10.0. The summed E-state index contributed by atoms with van der Waals surface area (Å²) in [7, 11) is 1.88. The number of nitrogens with zero attached hydrogens (tertiary/aromatic N) is 4. The van der Waals surface area contributed by atoms with Gasteiger partial charge in [0.1, 0.15) is 11.4 Å². The molecule has 0 saturated heterocycles. The second kappa shape index (κ2) is 6.41. The van der Waals surface area contributed by atoms with Crippen LogP contribution in [-0.4, -0.2) is 37.2 Å². The molecule has 1 aromatic carbocycles. The zero-order valence-electron chi connectivity index (χ0n) is 16.2. The van der Waals surface area contributed by atoms with Crippen LogP contribution in [-0.2, 0) is 7.05 Å². The minimum atomic E-state index is -0.589. The Bertz CT molecular complexity index is 1100. The number of anilines is 3. The molecule has 0 spiro atoms. The molecule has 150 valence electrons. The number of rotatable bonds is 7. The fourth-order valence-electron chi connectivity index (χ4n) is 3.90. The van der Waals surface area contributed by atoms with Gasteiger partial charge in [-0.1, -0.05) is 6.07 Å². The van der Waals surface area contributed by atoms with E-state index in [1.54, 1.807) is 10.9 Å². The van der Waals surface area contributed by atoms with Crippen molar-refractivity contribution in [2.75, 3.05) is 10.6 Å². The van der Waals surface area contributed by atoms with Gasteiger partial charge in [0.25, 0.3) is 5.91 Å². The van der Waals surface area contributed by atoms with E-state index in [0.29, 0.717) is 17.7 Å². The summed E-state index contributed by atoms with van der Waals surface area (Å²) in [6.45, 7) is 0. The first-order valence-electron chi connectivity index (χ1n) is 9.85. The Morgan fingerprint density at radius 3 is 2.79 bits per heavy atom. The SMILES string of the molecule is Cn1ncc2c(Nc3nc(NC(C4CC4)C4(N)CC4)ncc3C(N)=O)cccc21. The molecular weight excluding hydrogens is 368 g/mol. The van der Waals surface area contributed by atoms with Crippen molar-refractivity contribution in [1.82, 2.24) is 19.7 Å². The molecule has 0 bridgehead atoms. The van der Waals surface area contributed by atoms with Gasteiger partial charge >= 0.3 is 0 Å². The number of amides is 1. The monoisotopic (exact) mass is 392 g/mol. The van der Waals surface area contributed by atoms with E-state index in [1.165, 1.54) is 19.0 Å². The number of aryl methyl sites for hydroxylation is 1. The highest BCUT2D eigenvalue weighted by Crippen LogP contribution is 2.47. The Balaban J connectivity index is 1.49. The van der Waals surface area contributed by atoms with Gasteiger partial charge in [0.15, 0.2) is 0 Å². The number of hydrogen-bond acceptors (Lipinski definition) is 7. The van der Waals surface area contributed by atoms with Crippen LogP contribution in [0.4, 0.5) is 17.5 Å². The van der Waals surface area contributed by atoms with Gasteiger partial charge in [0, 0.05) is 30.2 Å². The third-order valence-corrected chi connectivity index (χ3v) is 5.92. The van der Waals surface area contributed by atoms with Crippen LogP contribution in [0.1, 0.15) is 36.0 Å². The zero-order chi connectivity index (χ0) is 20.2. The van der Waals surface area contributed by atoms with Crippen molar-refractivity contribution in [2.45, 2.75) is 37.3 Å². The fourth-order valence-corrected chi connectivity index (χ4v) is 3.90. The van der Waals surface area contributed by atoms with E-state index in [1.807, 2.05) is 25.2 Å². The molecule has 6 N–H and O–H groups in total. The van der Waals surface area contributed by atoms with Gasteiger partial charge in [0.05, 0.1) is 17.4 Å². The van der Waals surface area contributed by atoms with Crippen molar-refractivity contribution in [2.24, 2.45) is 24.4 Å². The Labute approximate surface area is 167 Å². The standard InChI is InChI=1S/C20H24N8O/c1-28-15-4-2-3-14(12(15)10-24-28)25-18-13(17(21)29)9-23-19(27-18)26-16(11-5-6-11)20(22)7-8-20/h2-4,9-11,16H,5-8,22H2,1H3,(H2,21,29)(H2,23,25,26,27). The lowest BCUT2D eigenvalue weighted by Crippen LogP contribution is -2.44. The summed E-state index contributed by atoms with van der Waals surface area (Å²) in [5, 5.41) is 11.9. The molecule has 1 amide bonds. The van der Waals surface area contributed by atoms with Gasteiger partial charge in [-0.15, -0.1) is 0 Å². The third-order valence-electron chi connectivity index (χ3n) is 5.92. The van der Waals surface area contributed by atoms with Crippen molar-refractivity contribution < 1.29 is 4.79 Å². The lowest BCUT2D eigenvalue weighted by Gasteiger charge is -2.25. The van der Waals surface area contributed by atoms with Crippen LogP contribution in [0.5, 0.6) is 0 Å². The highest BCUT2D eigenvalue weighted by Gasteiger charge is 2.52. The van der Waals surface area contributed by atoms with E-state index in [4.69, 9.17) is 11.5 Å². The lowest BCUT2D eigenvalue weighted by molar-refractivity contribution is 0.100. The van der Waals surface area contributed by atoms with Crippen LogP contribution < -0.4 is 22.1 Å². The second-order valence-corrected chi connectivity index (χ2v) is 8.14. The topological polar surface area (TPSA) is 137 Å². The number of nitrogens with two attached hydrogens (primary N) is 2. The average molecular weight is 392 g/mol. The molecule has 1 unspecified atom stereocenters.